The highest BCUT2D eigenvalue weighted by Gasteiger charge is 2.08. The maximum absolute atomic E-state index is 8.66. The fraction of sp³-hybridized carbons (Fsp3) is 0.700. The Morgan fingerprint density at radius 2 is 0.661 bits per heavy atom. The van der Waals surface area contributed by atoms with E-state index in [1.807, 2.05) is 36.4 Å². The largest absolute Gasteiger partial charge is 0.493 e. The Bertz CT molecular complexity index is 1120. The summed E-state index contributed by atoms with van der Waals surface area (Å²) in [5.74, 6) is 2.78. The number of benzene rings is 2. The molecule has 0 saturated carbocycles. The molecule has 2 aromatic carbocycles. The summed E-state index contributed by atoms with van der Waals surface area (Å²) in [7, 11) is 3.26. The first-order valence-corrected chi connectivity index (χ1v) is 19.3. The molecule has 16 nitrogen and oxygen atoms in total. The molecule has 322 valence electrons. The molecule has 2 N–H and O–H groups in total. The predicted molar refractivity (Wildman–Crippen MR) is 207 cm³/mol. The second-order valence-corrected chi connectivity index (χ2v) is 11.8. The summed E-state index contributed by atoms with van der Waals surface area (Å²) in [6, 6.07) is 11.9. The number of rotatable bonds is 41. The van der Waals surface area contributed by atoms with Gasteiger partial charge in [-0.25, -0.2) is 0 Å². The van der Waals surface area contributed by atoms with Crippen molar-refractivity contribution in [2.45, 2.75) is 12.8 Å². The molecule has 0 fully saturated rings. The third-order valence-corrected chi connectivity index (χ3v) is 7.53. The van der Waals surface area contributed by atoms with Crippen molar-refractivity contribution in [3.05, 3.63) is 47.5 Å². The van der Waals surface area contributed by atoms with E-state index in [1.165, 1.54) is 0 Å². The van der Waals surface area contributed by atoms with Crippen LogP contribution in [-0.4, -0.2) is 183 Å². The van der Waals surface area contributed by atoms with E-state index < -0.39 is 0 Å². The van der Waals surface area contributed by atoms with E-state index in [-0.39, 0.29) is 13.2 Å². The second-order valence-electron chi connectivity index (χ2n) is 11.8. The number of hydrogen-bond acceptors (Lipinski definition) is 16. The van der Waals surface area contributed by atoms with Crippen molar-refractivity contribution >= 4 is 0 Å². The fourth-order valence-electron chi connectivity index (χ4n) is 4.80. The van der Waals surface area contributed by atoms with E-state index >= 15 is 0 Å². The van der Waals surface area contributed by atoms with Crippen molar-refractivity contribution in [2.24, 2.45) is 0 Å². The number of aliphatic hydroxyl groups excluding tert-OH is 2. The Balaban J connectivity index is 1.64. The molecule has 0 bridgehead atoms. The standard InChI is InChI=1S/C40H66O16/c1-43-39-6-5-35(33-40(39)44-2)3-4-36-31-37(55-29-27-53-25-23-51-21-19-49-17-15-47-13-11-45-9-7-41)34-38(32-36)56-30-28-54-26-24-52-22-20-50-18-16-48-14-12-46-10-8-42/h5-6,31-34,41-42H,3-4,7-30H2,1-2H3. The van der Waals surface area contributed by atoms with Gasteiger partial charge in [-0.3, -0.25) is 0 Å². The fourth-order valence-corrected chi connectivity index (χ4v) is 4.80. The molecule has 2 aromatic rings. The minimum absolute atomic E-state index is 0.0112. The van der Waals surface area contributed by atoms with Crippen LogP contribution in [0.5, 0.6) is 23.0 Å². The lowest BCUT2D eigenvalue weighted by Crippen LogP contribution is -2.15. The molecule has 0 amide bonds. The lowest BCUT2D eigenvalue weighted by Gasteiger charge is -2.14. The van der Waals surface area contributed by atoms with E-state index in [0.29, 0.717) is 168 Å². The average molecular weight is 803 g/mol. The zero-order valence-electron chi connectivity index (χ0n) is 33.5. The molecule has 0 aliphatic carbocycles. The number of ether oxygens (including phenoxy) is 14. The molecule has 0 aliphatic rings. The predicted octanol–water partition coefficient (Wildman–Crippen LogP) is 2.40. The smallest absolute Gasteiger partial charge is 0.160 e. The van der Waals surface area contributed by atoms with Gasteiger partial charge in [0.25, 0.3) is 0 Å². The minimum atomic E-state index is 0.0112. The summed E-state index contributed by atoms with van der Waals surface area (Å²) in [5, 5.41) is 17.3. The van der Waals surface area contributed by atoms with Gasteiger partial charge in [-0.05, 0) is 48.2 Å². The van der Waals surface area contributed by atoms with Gasteiger partial charge < -0.3 is 76.5 Å². The molecule has 0 atom stereocenters. The van der Waals surface area contributed by atoms with Crippen molar-refractivity contribution in [1.29, 1.82) is 0 Å². The van der Waals surface area contributed by atoms with Gasteiger partial charge in [0.05, 0.1) is 160 Å². The summed E-state index contributed by atoms with van der Waals surface area (Å²) in [4.78, 5) is 0. The number of aryl methyl sites for hydroxylation is 2. The summed E-state index contributed by atoms with van der Waals surface area (Å²) < 4.78 is 77.4. The first-order valence-electron chi connectivity index (χ1n) is 19.3. The Morgan fingerprint density at radius 3 is 1.00 bits per heavy atom. The first-order chi connectivity index (χ1) is 27.7. The summed E-state index contributed by atoms with van der Waals surface area (Å²) in [5.41, 5.74) is 2.19. The van der Waals surface area contributed by atoms with E-state index in [0.717, 1.165) is 24.0 Å². The second kappa shape index (κ2) is 36.5. The van der Waals surface area contributed by atoms with Crippen LogP contribution in [0, 0.1) is 0 Å². The van der Waals surface area contributed by atoms with E-state index in [1.54, 1.807) is 14.2 Å². The van der Waals surface area contributed by atoms with Gasteiger partial charge in [0.1, 0.15) is 24.7 Å². The molecule has 0 radical (unpaired) electrons. The highest BCUT2D eigenvalue weighted by atomic mass is 16.6. The zero-order chi connectivity index (χ0) is 40.0. The van der Waals surface area contributed by atoms with E-state index in [9.17, 15) is 0 Å². The topological polar surface area (TPSA) is 170 Å². The molecule has 16 heteroatoms. The van der Waals surface area contributed by atoms with Crippen molar-refractivity contribution in [1.82, 2.24) is 0 Å². The average Bonchev–Trinajstić information content (AvgIpc) is 3.22. The molecule has 0 spiro atoms. The van der Waals surface area contributed by atoms with Gasteiger partial charge in [-0.2, -0.15) is 0 Å². The summed E-state index contributed by atoms with van der Waals surface area (Å²) >= 11 is 0. The van der Waals surface area contributed by atoms with Gasteiger partial charge in [0.2, 0.25) is 0 Å². The molecular formula is C40H66O16. The minimum Gasteiger partial charge on any atom is -0.493 e. The number of hydrogen-bond donors (Lipinski definition) is 2. The number of aliphatic hydroxyl groups is 2. The van der Waals surface area contributed by atoms with E-state index in [2.05, 4.69) is 0 Å². The van der Waals surface area contributed by atoms with Crippen LogP contribution in [0.15, 0.2) is 36.4 Å². The highest BCUT2D eigenvalue weighted by Crippen LogP contribution is 2.29. The van der Waals surface area contributed by atoms with Crippen LogP contribution in [0.4, 0.5) is 0 Å². The van der Waals surface area contributed by atoms with Crippen molar-refractivity contribution in [3.8, 4) is 23.0 Å². The molecule has 0 aromatic heterocycles. The Hall–Kier alpha value is -2.84. The maximum atomic E-state index is 8.66. The van der Waals surface area contributed by atoms with Gasteiger partial charge >= 0.3 is 0 Å². The maximum Gasteiger partial charge on any atom is 0.160 e. The molecule has 0 heterocycles. The molecule has 0 saturated heterocycles. The van der Waals surface area contributed by atoms with Gasteiger partial charge in [-0.1, -0.05) is 6.07 Å². The third-order valence-electron chi connectivity index (χ3n) is 7.53. The highest BCUT2D eigenvalue weighted by molar-refractivity contribution is 5.43. The van der Waals surface area contributed by atoms with Crippen LogP contribution >= 0.6 is 0 Å². The third kappa shape index (κ3) is 26.9. The van der Waals surface area contributed by atoms with Crippen LogP contribution in [0.1, 0.15) is 11.1 Å². The van der Waals surface area contributed by atoms with Crippen LogP contribution in [-0.2, 0) is 60.2 Å². The van der Waals surface area contributed by atoms with Gasteiger partial charge in [0, 0.05) is 6.07 Å². The molecule has 0 unspecified atom stereocenters. The molecule has 0 aliphatic heterocycles. The van der Waals surface area contributed by atoms with Crippen LogP contribution in [0.25, 0.3) is 0 Å². The zero-order valence-corrected chi connectivity index (χ0v) is 33.5. The first kappa shape index (κ1) is 49.3. The summed E-state index contributed by atoms with van der Waals surface area (Å²) in [6.45, 7) is 9.65. The SMILES string of the molecule is COc1ccc(CCc2cc(OCCOCCOCCOCCOCCOCCO)cc(OCCOCCOCCOCCOCCOCCO)c2)cc1OC. The van der Waals surface area contributed by atoms with Gasteiger partial charge in [-0.15, -0.1) is 0 Å². The van der Waals surface area contributed by atoms with E-state index in [4.69, 9.17) is 76.5 Å². The lowest BCUT2D eigenvalue weighted by atomic mass is 10.0. The Morgan fingerprint density at radius 1 is 0.339 bits per heavy atom. The van der Waals surface area contributed by atoms with Crippen LogP contribution in [0.3, 0.4) is 0 Å². The van der Waals surface area contributed by atoms with Crippen molar-refractivity contribution < 1.29 is 76.5 Å². The lowest BCUT2D eigenvalue weighted by molar-refractivity contribution is -0.0147. The Labute approximate surface area is 332 Å². The van der Waals surface area contributed by atoms with Crippen LogP contribution in [0.2, 0.25) is 0 Å². The van der Waals surface area contributed by atoms with Crippen LogP contribution < -0.4 is 18.9 Å². The van der Waals surface area contributed by atoms with Crippen molar-refractivity contribution in [2.75, 3.05) is 173 Å². The Kier molecular flexibility index (Phi) is 32.1. The normalized spacial score (nSPS) is 11.3. The molecule has 2 rings (SSSR count). The van der Waals surface area contributed by atoms with Crippen molar-refractivity contribution in [3.63, 3.8) is 0 Å². The number of methoxy groups -OCH3 is 2. The van der Waals surface area contributed by atoms with Gasteiger partial charge in [0.15, 0.2) is 11.5 Å². The molecular weight excluding hydrogens is 736 g/mol. The monoisotopic (exact) mass is 802 g/mol. The summed E-state index contributed by atoms with van der Waals surface area (Å²) in [6.07, 6.45) is 1.55. The quantitative estimate of drug-likeness (QED) is 0.0940. The molecule has 56 heavy (non-hydrogen) atoms.